The molecule has 98 valence electrons. The summed E-state index contributed by atoms with van der Waals surface area (Å²) in [6, 6.07) is 0. The third kappa shape index (κ3) is 5.31. The second-order valence-corrected chi connectivity index (χ2v) is 4.89. The number of likely N-dealkylation sites (tertiary alicyclic amines) is 1. The van der Waals surface area contributed by atoms with Gasteiger partial charge in [-0.15, -0.1) is 0 Å². The van der Waals surface area contributed by atoms with E-state index in [-0.39, 0.29) is 17.6 Å². The standard InChI is InChI=1S/C13H24N2O2/c1-3-4-7-14-13(17)10-15-8-5-6-12(9-15)11(2)16/h12H,3-10H2,1-2H3,(H,14,17). The number of hydrogen-bond acceptors (Lipinski definition) is 3. The molecule has 1 heterocycles. The van der Waals surface area contributed by atoms with Crippen molar-refractivity contribution in [3.8, 4) is 0 Å². The van der Waals surface area contributed by atoms with E-state index in [4.69, 9.17) is 0 Å². The number of carbonyl (C=O) groups is 2. The zero-order valence-electron chi connectivity index (χ0n) is 11.0. The minimum absolute atomic E-state index is 0.0858. The van der Waals surface area contributed by atoms with Gasteiger partial charge >= 0.3 is 0 Å². The van der Waals surface area contributed by atoms with Crippen molar-refractivity contribution in [1.29, 1.82) is 0 Å². The van der Waals surface area contributed by atoms with Gasteiger partial charge in [0.1, 0.15) is 5.78 Å². The maximum Gasteiger partial charge on any atom is 0.234 e. The predicted octanol–water partition coefficient (Wildman–Crippen LogP) is 1.20. The monoisotopic (exact) mass is 240 g/mol. The van der Waals surface area contributed by atoms with Crippen molar-refractivity contribution in [2.75, 3.05) is 26.2 Å². The van der Waals surface area contributed by atoms with Crippen LogP contribution >= 0.6 is 0 Å². The van der Waals surface area contributed by atoms with E-state index in [1.54, 1.807) is 6.92 Å². The van der Waals surface area contributed by atoms with Crippen LogP contribution in [-0.4, -0.2) is 42.8 Å². The molecule has 0 aromatic rings. The van der Waals surface area contributed by atoms with Crippen molar-refractivity contribution >= 4 is 11.7 Å². The summed E-state index contributed by atoms with van der Waals surface area (Å²) in [7, 11) is 0. The Kier molecular flexibility index (Phi) is 6.19. The van der Waals surface area contributed by atoms with Crippen LogP contribution in [0, 0.1) is 5.92 Å². The van der Waals surface area contributed by atoms with Gasteiger partial charge < -0.3 is 5.32 Å². The molecule has 1 rings (SSSR count). The summed E-state index contributed by atoms with van der Waals surface area (Å²) in [5.74, 6) is 0.468. The molecule has 1 unspecified atom stereocenters. The van der Waals surface area contributed by atoms with Crippen molar-refractivity contribution in [3.05, 3.63) is 0 Å². The van der Waals surface area contributed by atoms with Crippen molar-refractivity contribution in [2.45, 2.75) is 39.5 Å². The zero-order valence-corrected chi connectivity index (χ0v) is 11.0. The predicted molar refractivity (Wildman–Crippen MR) is 67.8 cm³/mol. The lowest BCUT2D eigenvalue weighted by atomic mass is 9.95. The first-order valence-electron chi connectivity index (χ1n) is 6.63. The van der Waals surface area contributed by atoms with Gasteiger partial charge in [-0.2, -0.15) is 0 Å². The fraction of sp³-hybridized carbons (Fsp3) is 0.846. The number of carbonyl (C=O) groups excluding carboxylic acids is 2. The number of nitrogens with one attached hydrogen (secondary N) is 1. The molecule has 0 bridgehead atoms. The van der Waals surface area contributed by atoms with E-state index in [9.17, 15) is 9.59 Å². The molecule has 1 aliphatic rings. The van der Waals surface area contributed by atoms with Crippen LogP contribution in [-0.2, 0) is 9.59 Å². The third-order valence-electron chi connectivity index (χ3n) is 3.30. The van der Waals surface area contributed by atoms with Gasteiger partial charge in [-0.05, 0) is 32.7 Å². The summed E-state index contributed by atoms with van der Waals surface area (Å²) < 4.78 is 0. The van der Waals surface area contributed by atoms with Crippen LogP contribution in [0.25, 0.3) is 0 Å². The summed E-state index contributed by atoms with van der Waals surface area (Å²) in [6.07, 6.45) is 4.12. The number of rotatable bonds is 6. The minimum atomic E-state index is 0.0858. The van der Waals surface area contributed by atoms with Crippen LogP contribution in [0.2, 0.25) is 0 Å². The highest BCUT2D eigenvalue weighted by molar-refractivity contribution is 5.79. The number of ketones is 1. The quantitative estimate of drug-likeness (QED) is 0.710. The molecule has 0 aromatic heterocycles. The molecule has 17 heavy (non-hydrogen) atoms. The molecular formula is C13H24N2O2. The van der Waals surface area contributed by atoms with E-state index >= 15 is 0 Å². The fourth-order valence-corrected chi connectivity index (χ4v) is 2.19. The molecule has 1 atom stereocenters. The lowest BCUT2D eigenvalue weighted by molar-refractivity contribution is -0.126. The Hall–Kier alpha value is -0.900. The lowest BCUT2D eigenvalue weighted by Crippen LogP contribution is -2.44. The molecule has 0 aromatic carbocycles. The molecule has 0 radical (unpaired) electrons. The number of piperidine rings is 1. The van der Waals surface area contributed by atoms with Gasteiger partial charge in [0.2, 0.25) is 5.91 Å². The van der Waals surface area contributed by atoms with Crippen molar-refractivity contribution in [3.63, 3.8) is 0 Å². The average Bonchev–Trinajstić information content (AvgIpc) is 2.29. The highest BCUT2D eigenvalue weighted by Crippen LogP contribution is 2.16. The Morgan fingerprint density at radius 3 is 2.82 bits per heavy atom. The lowest BCUT2D eigenvalue weighted by Gasteiger charge is -2.30. The smallest absolute Gasteiger partial charge is 0.234 e. The second kappa shape index (κ2) is 7.43. The highest BCUT2D eigenvalue weighted by atomic mass is 16.2. The van der Waals surface area contributed by atoms with Crippen LogP contribution in [0.1, 0.15) is 39.5 Å². The van der Waals surface area contributed by atoms with Crippen LogP contribution in [0.15, 0.2) is 0 Å². The molecule has 1 aliphatic heterocycles. The first kappa shape index (κ1) is 14.2. The van der Waals surface area contributed by atoms with Gasteiger partial charge in [0.05, 0.1) is 6.54 Å². The number of amides is 1. The van der Waals surface area contributed by atoms with E-state index in [0.29, 0.717) is 6.54 Å². The molecule has 1 saturated heterocycles. The fourth-order valence-electron chi connectivity index (χ4n) is 2.19. The van der Waals surface area contributed by atoms with Gasteiger partial charge in [-0.1, -0.05) is 13.3 Å². The Balaban J connectivity index is 2.26. The SMILES string of the molecule is CCCCNC(=O)CN1CCCC(C(C)=O)C1. The molecule has 1 fully saturated rings. The van der Waals surface area contributed by atoms with E-state index < -0.39 is 0 Å². The Morgan fingerprint density at radius 2 is 2.18 bits per heavy atom. The summed E-state index contributed by atoms with van der Waals surface area (Å²) in [4.78, 5) is 25.0. The van der Waals surface area contributed by atoms with Crippen LogP contribution in [0.3, 0.4) is 0 Å². The van der Waals surface area contributed by atoms with Gasteiger partial charge in [0.15, 0.2) is 0 Å². The highest BCUT2D eigenvalue weighted by Gasteiger charge is 2.24. The molecule has 4 heteroatoms. The summed E-state index contributed by atoms with van der Waals surface area (Å²) >= 11 is 0. The van der Waals surface area contributed by atoms with Crippen molar-refractivity contribution in [2.24, 2.45) is 5.92 Å². The zero-order chi connectivity index (χ0) is 12.7. The first-order valence-corrected chi connectivity index (χ1v) is 6.63. The third-order valence-corrected chi connectivity index (χ3v) is 3.30. The summed E-state index contributed by atoms with van der Waals surface area (Å²) in [6.45, 7) is 6.64. The second-order valence-electron chi connectivity index (χ2n) is 4.89. The Labute approximate surface area is 104 Å². The van der Waals surface area contributed by atoms with Gasteiger partial charge in [0.25, 0.3) is 0 Å². The largest absolute Gasteiger partial charge is 0.355 e. The van der Waals surface area contributed by atoms with Crippen LogP contribution in [0.4, 0.5) is 0 Å². The number of hydrogen-bond donors (Lipinski definition) is 1. The molecule has 0 spiro atoms. The van der Waals surface area contributed by atoms with Gasteiger partial charge in [-0.3, -0.25) is 14.5 Å². The van der Waals surface area contributed by atoms with Gasteiger partial charge in [0, 0.05) is 19.0 Å². The number of unbranched alkanes of at least 4 members (excludes halogenated alkanes) is 1. The molecule has 1 amide bonds. The Morgan fingerprint density at radius 1 is 1.41 bits per heavy atom. The average molecular weight is 240 g/mol. The molecule has 4 nitrogen and oxygen atoms in total. The van der Waals surface area contributed by atoms with E-state index in [1.165, 1.54) is 0 Å². The minimum Gasteiger partial charge on any atom is -0.355 e. The Bertz CT molecular complexity index is 266. The first-order chi connectivity index (χ1) is 8.13. The van der Waals surface area contributed by atoms with Crippen molar-refractivity contribution < 1.29 is 9.59 Å². The normalized spacial score (nSPS) is 21.2. The number of nitrogens with zero attached hydrogens (tertiary/aromatic N) is 1. The van der Waals surface area contributed by atoms with E-state index in [0.717, 1.165) is 45.3 Å². The molecule has 1 N–H and O–H groups in total. The van der Waals surface area contributed by atoms with E-state index in [2.05, 4.69) is 17.1 Å². The van der Waals surface area contributed by atoms with Gasteiger partial charge in [-0.25, -0.2) is 0 Å². The summed E-state index contributed by atoms with van der Waals surface area (Å²) in [5.41, 5.74) is 0. The summed E-state index contributed by atoms with van der Waals surface area (Å²) in [5, 5.41) is 2.91. The maximum absolute atomic E-state index is 11.6. The maximum atomic E-state index is 11.6. The molecule has 0 aliphatic carbocycles. The van der Waals surface area contributed by atoms with Crippen LogP contribution < -0.4 is 5.32 Å². The van der Waals surface area contributed by atoms with Crippen molar-refractivity contribution in [1.82, 2.24) is 10.2 Å². The van der Waals surface area contributed by atoms with Crippen LogP contribution in [0.5, 0.6) is 0 Å². The molecule has 0 saturated carbocycles. The van der Waals surface area contributed by atoms with E-state index in [1.807, 2.05) is 0 Å². The number of Topliss-reactive ketones (excluding diaryl/α,β-unsaturated/α-hetero) is 1. The molecular weight excluding hydrogens is 216 g/mol. The topological polar surface area (TPSA) is 49.4 Å².